The van der Waals surface area contributed by atoms with E-state index in [1.54, 1.807) is 0 Å². The lowest BCUT2D eigenvalue weighted by Gasteiger charge is -2.08. The molecule has 0 aliphatic carbocycles. The van der Waals surface area contributed by atoms with Crippen LogP contribution in [-0.4, -0.2) is 32.4 Å². The predicted molar refractivity (Wildman–Crippen MR) is 74.7 cm³/mol. The van der Waals surface area contributed by atoms with E-state index >= 15 is 0 Å². The second-order valence-corrected chi connectivity index (χ2v) is 7.40. The van der Waals surface area contributed by atoms with Crippen molar-refractivity contribution in [3.63, 3.8) is 0 Å². The van der Waals surface area contributed by atoms with Crippen molar-refractivity contribution in [1.29, 1.82) is 0 Å². The van der Waals surface area contributed by atoms with Crippen molar-refractivity contribution >= 4 is 15.7 Å². The summed E-state index contributed by atoms with van der Waals surface area (Å²) in [7, 11) is -2.82. The number of nitrogens with one attached hydrogen (secondary N) is 1. The number of amides is 1. The number of hydrogen-bond acceptors (Lipinski definition) is 3. The number of benzene rings is 1. The van der Waals surface area contributed by atoms with Crippen molar-refractivity contribution in [3.8, 4) is 0 Å². The van der Waals surface area contributed by atoms with Crippen molar-refractivity contribution in [2.45, 2.75) is 19.3 Å². The Balaban J connectivity index is 1.68. The molecule has 1 unspecified atom stereocenters. The van der Waals surface area contributed by atoms with Crippen LogP contribution in [-0.2, 0) is 9.84 Å². The molecule has 1 aliphatic heterocycles. The van der Waals surface area contributed by atoms with Crippen LogP contribution < -0.4 is 5.32 Å². The van der Waals surface area contributed by atoms with Crippen molar-refractivity contribution < 1.29 is 17.6 Å². The predicted octanol–water partition coefficient (Wildman–Crippen LogP) is 1.77. The Morgan fingerprint density at radius 3 is 2.60 bits per heavy atom. The lowest BCUT2D eigenvalue weighted by atomic mass is 10.0. The smallest absolute Gasteiger partial charge is 0.251 e. The van der Waals surface area contributed by atoms with Crippen LogP contribution in [0.15, 0.2) is 24.3 Å². The van der Waals surface area contributed by atoms with Gasteiger partial charge >= 0.3 is 0 Å². The van der Waals surface area contributed by atoms with E-state index in [2.05, 4.69) is 5.32 Å². The quantitative estimate of drug-likeness (QED) is 0.843. The first kappa shape index (κ1) is 15.0. The monoisotopic (exact) mass is 299 g/mol. The molecule has 1 aromatic carbocycles. The molecule has 1 aliphatic rings. The molecule has 4 nitrogen and oxygen atoms in total. The van der Waals surface area contributed by atoms with Crippen LogP contribution >= 0.6 is 0 Å². The average Bonchev–Trinajstić information content (AvgIpc) is 2.75. The van der Waals surface area contributed by atoms with Gasteiger partial charge in [0.15, 0.2) is 9.84 Å². The zero-order valence-corrected chi connectivity index (χ0v) is 12.0. The summed E-state index contributed by atoms with van der Waals surface area (Å²) in [5, 5.41) is 2.75. The lowest BCUT2D eigenvalue weighted by molar-refractivity contribution is 0.0952. The van der Waals surface area contributed by atoms with Gasteiger partial charge in [-0.1, -0.05) is 0 Å². The highest BCUT2D eigenvalue weighted by Gasteiger charge is 2.27. The highest BCUT2D eigenvalue weighted by Crippen LogP contribution is 2.22. The average molecular weight is 299 g/mol. The molecule has 6 heteroatoms. The van der Waals surface area contributed by atoms with E-state index in [1.807, 2.05) is 0 Å². The molecule has 0 spiro atoms. The number of carbonyl (C=O) groups excluding carboxylic acids is 1. The summed E-state index contributed by atoms with van der Waals surface area (Å²) in [4.78, 5) is 11.7. The molecule has 1 atom stereocenters. The van der Waals surface area contributed by atoms with Crippen molar-refractivity contribution in [2.24, 2.45) is 5.92 Å². The summed E-state index contributed by atoms with van der Waals surface area (Å²) in [5.41, 5.74) is 0.426. The maximum absolute atomic E-state index is 12.7. The molecule has 1 amide bonds. The molecule has 1 heterocycles. The third-order valence-corrected chi connectivity index (χ3v) is 5.34. The Labute approximate surface area is 118 Å². The SMILES string of the molecule is O=C(NCCCC1CCS(=O)(=O)C1)c1ccc(F)cc1. The molecule has 1 N–H and O–H groups in total. The fraction of sp³-hybridized carbons (Fsp3) is 0.500. The van der Waals surface area contributed by atoms with Gasteiger partial charge < -0.3 is 5.32 Å². The van der Waals surface area contributed by atoms with Gasteiger partial charge in [0, 0.05) is 12.1 Å². The molecule has 1 aromatic rings. The molecule has 110 valence electrons. The minimum atomic E-state index is -2.82. The third kappa shape index (κ3) is 4.30. The van der Waals surface area contributed by atoms with E-state index < -0.39 is 9.84 Å². The Hall–Kier alpha value is -1.43. The number of carbonyl (C=O) groups is 1. The van der Waals surface area contributed by atoms with Gasteiger partial charge in [0.1, 0.15) is 5.82 Å². The fourth-order valence-electron chi connectivity index (χ4n) is 2.40. The standard InChI is InChI=1S/C14H18FNO3S/c15-13-5-3-12(4-6-13)14(17)16-8-1-2-11-7-9-20(18,19)10-11/h3-6,11H,1-2,7-10H2,(H,16,17). The fourth-order valence-corrected chi connectivity index (χ4v) is 4.31. The Kier molecular flexibility index (Phi) is 4.75. The van der Waals surface area contributed by atoms with Gasteiger partial charge in [0.25, 0.3) is 5.91 Å². The number of hydrogen-bond donors (Lipinski definition) is 1. The second kappa shape index (κ2) is 6.35. The normalized spacial score (nSPS) is 20.8. The lowest BCUT2D eigenvalue weighted by Crippen LogP contribution is -2.24. The number of halogens is 1. The largest absolute Gasteiger partial charge is 0.352 e. The molecule has 1 saturated heterocycles. The van der Waals surface area contributed by atoms with Gasteiger partial charge in [-0.15, -0.1) is 0 Å². The van der Waals surface area contributed by atoms with E-state index in [0.29, 0.717) is 17.9 Å². The van der Waals surface area contributed by atoms with Gasteiger partial charge in [-0.2, -0.15) is 0 Å². The molecule has 1 fully saturated rings. The minimum Gasteiger partial charge on any atom is -0.352 e. The summed E-state index contributed by atoms with van der Waals surface area (Å²) in [6.07, 6.45) is 2.30. The summed E-state index contributed by atoms with van der Waals surface area (Å²) in [5.74, 6) is 0.189. The topological polar surface area (TPSA) is 63.2 Å². The molecule has 0 saturated carbocycles. The third-order valence-electron chi connectivity index (χ3n) is 3.51. The highest BCUT2D eigenvalue weighted by molar-refractivity contribution is 7.91. The molecular formula is C14H18FNO3S. The van der Waals surface area contributed by atoms with E-state index in [1.165, 1.54) is 24.3 Å². The zero-order chi connectivity index (χ0) is 14.6. The zero-order valence-electron chi connectivity index (χ0n) is 11.1. The number of sulfone groups is 1. The minimum absolute atomic E-state index is 0.225. The molecule has 0 aromatic heterocycles. The van der Waals surface area contributed by atoms with Crippen LogP contribution in [0.2, 0.25) is 0 Å². The van der Waals surface area contributed by atoms with Crippen LogP contribution in [0.3, 0.4) is 0 Å². The summed E-state index contributed by atoms with van der Waals surface area (Å²) in [6, 6.07) is 5.37. The van der Waals surface area contributed by atoms with Gasteiger partial charge in [-0.25, -0.2) is 12.8 Å². The molecule has 0 radical (unpaired) electrons. The van der Waals surface area contributed by atoms with Gasteiger partial charge in [0.2, 0.25) is 0 Å². The van der Waals surface area contributed by atoms with Crippen LogP contribution in [0.4, 0.5) is 4.39 Å². The second-order valence-electron chi connectivity index (χ2n) is 5.17. The number of rotatable bonds is 5. The summed E-state index contributed by atoms with van der Waals surface area (Å²) in [6.45, 7) is 0.507. The van der Waals surface area contributed by atoms with Gasteiger partial charge in [0.05, 0.1) is 11.5 Å². The molecule has 20 heavy (non-hydrogen) atoms. The van der Waals surface area contributed by atoms with Crippen LogP contribution in [0.1, 0.15) is 29.6 Å². The Bertz CT molecular complexity index is 569. The summed E-state index contributed by atoms with van der Waals surface area (Å²) < 4.78 is 35.3. The van der Waals surface area contributed by atoms with Crippen LogP contribution in [0, 0.1) is 11.7 Å². The maximum Gasteiger partial charge on any atom is 0.251 e. The van der Waals surface area contributed by atoms with Crippen LogP contribution in [0.5, 0.6) is 0 Å². The van der Waals surface area contributed by atoms with Crippen molar-refractivity contribution in [2.75, 3.05) is 18.1 Å². The van der Waals surface area contributed by atoms with Crippen LogP contribution in [0.25, 0.3) is 0 Å². The Morgan fingerprint density at radius 1 is 1.30 bits per heavy atom. The first-order valence-electron chi connectivity index (χ1n) is 6.70. The highest BCUT2D eigenvalue weighted by atomic mass is 32.2. The van der Waals surface area contributed by atoms with Gasteiger partial charge in [-0.05, 0) is 49.4 Å². The Morgan fingerprint density at radius 2 is 2.00 bits per heavy atom. The van der Waals surface area contributed by atoms with E-state index in [9.17, 15) is 17.6 Å². The van der Waals surface area contributed by atoms with E-state index in [4.69, 9.17) is 0 Å². The van der Waals surface area contributed by atoms with Gasteiger partial charge in [-0.3, -0.25) is 4.79 Å². The first-order valence-corrected chi connectivity index (χ1v) is 8.52. The van der Waals surface area contributed by atoms with E-state index in [-0.39, 0.29) is 23.4 Å². The molecular weight excluding hydrogens is 281 g/mol. The van der Waals surface area contributed by atoms with Crippen molar-refractivity contribution in [1.82, 2.24) is 5.32 Å². The summed E-state index contributed by atoms with van der Waals surface area (Å²) >= 11 is 0. The molecule has 2 rings (SSSR count). The molecule has 0 bridgehead atoms. The maximum atomic E-state index is 12.7. The van der Waals surface area contributed by atoms with Crippen molar-refractivity contribution in [3.05, 3.63) is 35.6 Å². The first-order chi connectivity index (χ1) is 9.46. The van der Waals surface area contributed by atoms with E-state index in [0.717, 1.165) is 19.3 Å².